The Morgan fingerprint density at radius 1 is 1.33 bits per heavy atom. The van der Waals surface area contributed by atoms with Crippen LogP contribution in [0, 0.1) is 12.8 Å². The molecule has 24 heavy (non-hydrogen) atoms. The highest BCUT2D eigenvalue weighted by Gasteiger charge is 2.38. The number of carbonyl (C=O) groups is 2. The lowest BCUT2D eigenvalue weighted by Gasteiger charge is -2.35. The molecule has 2 N–H and O–H groups in total. The van der Waals surface area contributed by atoms with Gasteiger partial charge in [0, 0.05) is 18.7 Å². The molecule has 2 amide bonds. The number of amides is 2. The van der Waals surface area contributed by atoms with Gasteiger partial charge in [-0.25, -0.2) is 4.68 Å². The van der Waals surface area contributed by atoms with Crippen LogP contribution >= 0.6 is 0 Å². The summed E-state index contributed by atoms with van der Waals surface area (Å²) >= 11 is 0. The van der Waals surface area contributed by atoms with E-state index in [1.807, 2.05) is 31.3 Å². The Morgan fingerprint density at radius 3 is 2.75 bits per heavy atom. The van der Waals surface area contributed by atoms with E-state index in [0.717, 1.165) is 17.1 Å². The SMILES string of the molecule is Cc1cccc(-c2cn(C3CC(C(=O)N(C)CC(N)=O)C3)nn2)n1. The number of aromatic nitrogens is 4. The predicted octanol–water partition coefficient (Wildman–Crippen LogP) is 0.543. The maximum absolute atomic E-state index is 12.2. The number of nitrogens with two attached hydrogens (primary N) is 1. The van der Waals surface area contributed by atoms with E-state index in [-0.39, 0.29) is 24.4 Å². The molecule has 1 fully saturated rings. The minimum atomic E-state index is -0.506. The lowest BCUT2D eigenvalue weighted by Crippen LogP contribution is -2.43. The predicted molar refractivity (Wildman–Crippen MR) is 86.6 cm³/mol. The molecule has 1 aliphatic carbocycles. The first-order chi connectivity index (χ1) is 11.4. The molecule has 0 saturated heterocycles. The molecule has 0 bridgehead atoms. The minimum absolute atomic E-state index is 0.0491. The Bertz CT molecular complexity index is 765. The van der Waals surface area contributed by atoms with Crippen molar-refractivity contribution in [3.8, 4) is 11.4 Å². The summed E-state index contributed by atoms with van der Waals surface area (Å²) in [7, 11) is 1.59. The maximum atomic E-state index is 12.2. The van der Waals surface area contributed by atoms with Gasteiger partial charge in [-0.3, -0.25) is 14.6 Å². The fourth-order valence-electron chi connectivity index (χ4n) is 2.89. The molecule has 126 valence electrons. The van der Waals surface area contributed by atoms with Crippen LogP contribution in [0.15, 0.2) is 24.4 Å². The number of primary amides is 1. The Morgan fingerprint density at radius 2 is 2.08 bits per heavy atom. The molecule has 3 rings (SSSR count). The summed E-state index contributed by atoms with van der Waals surface area (Å²) < 4.78 is 1.79. The number of hydrogen-bond acceptors (Lipinski definition) is 5. The molecule has 0 unspecified atom stereocenters. The van der Waals surface area contributed by atoms with Gasteiger partial charge in [-0.1, -0.05) is 11.3 Å². The zero-order valence-electron chi connectivity index (χ0n) is 13.7. The van der Waals surface area contributed by atoms with E-state index in [1.165, 1.54) is 4.90 Å². The van der Waals surface area contributed by atoms with Crippen molar-refractivity contribution in [1.29, 1.82) is 0 Å². The molecular weight excluding hydrogens is 308 g/mol. The molecule has 0 spiro atoms. The van der Waals surface area contributed by atoms with Crippen LogP contribution in [0.25, 0.3) is 11.4 Å². The third kappa shape index (κ3) is 3.27. The quantitative estimate of drug-likeness (QED) is 0.862. The van der Waals surface area contributed by atoms with Crippen molar-refractivity contribution in [3.63, 3.8) is 0 Å². The van der Waals surface area contributed by atoms with Crippen LogP contribution in [0.4, 0.5) is 0 Å². The van der Waals surface area contributed by atoms with E-state index in [2.05, 4.69) is 15.3 Å². The summed E-state index contributed by atoms with van der Waals surface area (Å²) in [4.78, 5) is 28.9. The van der Waals surface area contributed by atoms with Gasteiger partial charge >= 0.3 is 0 Å². The number of hydrogen-bond donors (Lipinski definition) is 1. The van der Waals surface area contributed by atoms with E-state index >= 15 is 0 Å². The Hall–Kier alpha value is -2.77. The molecule has 8 nitrogen and oxygen atoms in total. The number of rotatable bonds is 5. The highest BCUT2D eigenvalue weighted by molar-refractivity contribution is 5.85. The van der Waals surface area contributed by atoms with Gasteiger partial charge < -0.3 is 10.6 Å². The topological polar surface area (TPSA) is 107 Å². The summed E-state index contributed by atoms with van der Waals surface area (Å²) in [6, 6.07) is 5.90. The zero-order chi connectivity index (χ0) is 17.3. The van der Waals surface area contributed by atoms with Gasteiger partial charge in [0.25, 0.3) is 0 Å². The van der Waals surface area contributed by atoms with Gasteiger partial charge in [-0.15, -0.1) is 5.10 Å². The highest BCUT2D eigenvalue weighted by atomic mass is 16.2. The molecule has 2 heterocycles. The molecule has 2 aromatic rings. The molecular formula is C16H20N6O2. The van der Waals surface area contributed by atoms with Crippen molar-refractivity contribution in [2.75, 3.05) is 13.6 Å². The van der Waals surface area contributed by atoms with Crippen LogP contribution in [-0.2, 0) is 9.59 Å². The first-order valence-corrected chi connectivity index (χ1v) is 7.83. The van der Waals surface area contributed by atoms with Crippen molar-refractivity contribution in [2.24, 2.45) is 11.7 Å². The normalized spacial score (nSPS) is 19.6. The summed E-state index contributed by atoms with van der Waals surface area (Å²) in [6.45, 7) is 1.88. The molecule has 8 heteroatoms. The lowest BCUT2D eigenvalue weighted by atomic mass is 9.79. The molecule has 0 aromatic carbocycles. The second kappa shape index (κ2) is 6.38. The second-order valence-corrected chi connectivity index (χ2v) is 6.23. The van der Waals surface area contributed by atoms with Crippen molar-refractivity contribution < 1.29 is 9.59 Å². The van der Waals surface area contributed by atoms with E-state index in [4.69, 9.17) is 5.73 Å². The summed E-state index contributed by atoms with van der Waals surface area (Å²) in [5, 5.41) is 8.33. The van der Waals surface area contributed by atoms with E-state index in [9.17, 15) is 9.59 Å². The van der Waals surface area contributed by atoms with Crippen molar-refractivity contribution in [3.05, 3.63) is 30.1 Å². The molecule has 1 saturated carbocycles. The van der Waals surface area contributed by atoms with Crippen molar-refractivity contribution in [1.82, 2.24) is 24.9 Å². The first-order valence-electron chi connectivity index (χ1n) is 7.83. The van der Waals surface area contributed by atoms with Crippen molar-refractivity contribution in [2.45, 2.75) is 25.8 Å². The first kappa shape index (κ1) is 16.1. The zero-order valence-corrected chi connectivity index (χ0v) is 13.7. The van der Waals surface area contributed by atoms with E-state index in [1.54, 1.807) is 11.7 Å². The van der Waals surface area contributed by atoms with Gasteiger partial charge in [0.2, 0.25) is 11.8 Å². The van der Waals surface area contributed by atoms with Crippen LogP contribution in [0.3, 0.4) is 0 Å². The van der Waals surface area contributed by atoms with Gasteiger partial charge in [0.05, 0.1) is 24.5 Å². The smallest absolute Gasteiger partial charge is 0.237 e. The van der Waals surface area contributed by atoms with Gasteiger partial charge in [0.1, 0.15) is 5.69 Å². The van der Waals surface area contributed by atoms with Gasteiger partial charge in [0.15, 0.2) is 0 Å². The average Bonchev–Trinajstić information content (AvgIpc) is 2.94. The lowest BCUT2D eigenvalue weighted by molar-refractivity contribution is -0.140. The number of likely N-dealkylation sites (N-methyl/N-ethyl adjacent to an activating group) is 1. The molecule has 0 aliphatic heterocycles. The van der Waals surface area contributed by atoms with Crippen LogP contribution in [0.5, 0.6) is 0 Å². The van der Waals surface area contributed by atoms with Crippen LogP contribution in [0.1, 0.15) is 24.6 Å². The minimum Gasteiger partial charge on any atom is -0.368 e. The molecule has 0 radical (unpaired) electrons. The van der Waals surface area contributed by atoms with Crippen LogP contribution < -0.4 is 5.73 Å². The third-order valence-electron chi connectivity index (χ3n) is 4.27. The monoisotopic (exact) mass is 328 g/mol. The molecule has 2 aromatic heterocycles. The Kier molecular flexibility index (Phi) is 4.28. The maximum Gasteiger partial charge on any atom is 0.237 e. The average molecular weight is 328 g/mol. The van der Waals surface area contributed by atoms with E-state index < -0.39 is 5.91 Å². The van der Waals surface area contributed by atoms with E-state index in [0.29, 0.717) is 12.8 Å². The number of nitrogens with zero attached hydrogens (tertiary/aromatic N) is 5. The second-order valence-electron chi connectivity index (χ2n) is 6.23. The van der Waals surface area contributed by atoms with Gasteiger partial charge in [-0.2, -0.15) is 0 Å². The summed E-state index contributed by atoms with van der Waals surface area (Å²) in [5.74, 6) is -0.650. The summed E-state index contributed by atoms with van der Waals surface area (Å²) in [6.07, 6.45) is 3.23. The largest absolute Gasteiger partial charge is 0.368 e. The summed E-state index contributed by atoms with van der Waals surface area (Å²) in [5.41, 5.74) is 7.55. The third-order valence-corrected chi connectivity index (χ3v) is 4.27. The standard InChI is InChI=1S/C16H20N6O2/c1-10-4-3-5-13(18-10)14-8-22(20-19-14)12-6-11(7-12)16(24)21(2)9-15(17)23/h3-5,8,11-12H,6-7,9H2,1-2H3,(H2,17,23). The van der Waals surface area contributed by atoms with Crippen molar-refractivity contribution >= 4 is 11.8 Å². The van der Waals surface area contributed by atoms with Gasteiger partial charge in [-0.05, 0) is 31.9 Å². The molecule has 1 aliphatic rings. The van der Waals surface area contributed by atoms with Crippen LogP contribution in [0.2, 0.25) is 0 Å². The fourth-order valence-corrected chi connectivity index (χ4v) is 2.89. The molecule has 0 atom stereocenters. The van der Waals surface area contributed by atoms with Crippen LogP contribution in [-0.4, -0.2) is 50.3 Å². The Labute approximate surface area is 139 Å². The number of pyridine rings is 1. The Balaban J connectivity index is 1.61. The number of carbonyl (C=O) groups excluding carboxylic acids is 2. The highest BCUT2D eigenvalue weighted by Crippen LogP contribution is 2.38. The fraction of sp³-hybridized carbons (Fsp3) is 0.438. The number of aryl methyl sites for hydroxylation is 1.